The third-order valence-electron chi connectivity index (χ3n) is 3.81. The second kappa shape index (κ2) is 6.89. The Morgan fingerprint density at radius 1 is 1.26 bits per heavy atom. The largest absolute Gasteiger partial charge is 0.464 e. The van der Waals surface area contributed by atoms with Crippen LogP contribution >= 0.6 is 0 Å². The highest BCUT2D eigenvalue weighted by molar-refractivity contribution is 5.85. The van der Waals surface area contributed by atoms with Gasteiger partial charge in [0.25, 0.3) is 0 Å². The molecule has 0 aromatic heterocycles. The molecule has 19 heavy (non-hydrogen) atoms. The van der Waals surface area contributed by atoms with Crippen molar-refractivity contribution < 1.29 is 19.1 Å². The van der Waals surface area contributed by atoms with Crippen molar-refractivity contribution in [1.29, 1.82) is 0 Å². The molecule has 5 nitrogen and oxygen atoms in total. The van der Waals surface area contributed by atoms with Crippen LogP contribution in [0.25, 0.3) is 0 Å². The van der Waals surface area contributed by atoms with E-state index in [4.69, 9.17) is 9.47 Å². The van der Waals surface area contributed by atoms with Crippen LogP contribution in [0.4, 0.5) is 0 Å². The first-order chi connectivity index (χ1) is 9.22. The minimum atomic E-state index is -0.379. The quantitative estimate of drug-likeness (QED) is 0.726. The molecule has 0 spiro atoms. The van der Waals surface area contributed by atoms with Gasteiger partial charge in [-0.05, 0) is 39.0 Å². The number of esters is 1. The molecular formula is C14H23NO4. The Morgan fingerprint density at radius 3 is 2.79 bits per heavy atom. The van der Waals surface area contributed by atoms with Crippen molar-refractivity contribution in [2.24, 2.45) is 0 Å². The van der Waals surface area contributed by atoms with Gasteiger partial charge in [-0.15, -0.1) is 0 Å². The maximum atomic E-state index is 12.3. The number of carbonyl (C=O) groups excluding carboxylic acids is 2. The van der Waals surface area contributed by atoms with E-state index in [0.717, 1.165) is 38.7 Å². The molecule has 0 aromatic rings. The standard InChI is InChI=1S/C14H23NO4/c1-2-18-14(17)12-7-5-8-15(12)13(16)10-11-6-3-4-9-19-11/h11-12H,2-10H2,1H3. The zero-order chi connectivity index (χ0) is 13.7. The Balaban J connectivity index is 1.87. The van der Waals surface area contributed by atoms with Crippen LogP contribution < -0.4 is 0 Å². The lowest BCUT2D eigenvalue weighted by molar-refractivity contribution is -0.154. The van der Waals surface area contributed by atoms with Crippen molar-refractivity contribution in [3.8, 4) is 0 Å². The molecule has 0 bridgehead atoms. The molecule has 0 radical (unpaired) electrons. The van der Waals surface area contributed by atoms with Crippen molar-refractivity contribution in [2.45, 2.75) is 57.6 Å². The van der Waals surface area contributed by atoms with Crippen LogP contribution in [-0.2, 0) is 19.1 Å². The summed E-state index contributed by atoms with van der Waals surface area (Å²) in [6.45, 7) is 3.56. The number of likely N-dealkylation sites (tertiary alicyclic amines) is 1. The fourth-order valence-electron chi connectivity index (χ4n) is 2.83. The van der Waals surface area contributed by atoms with Gasteiger partial charge in [-0.3, -0.25) is 4.79 Å². The molecule has 2 fully saturated rings. The maximum absolute atomic E-state index is 12.3. The van der Waals surface area contributed by atoms with Crippen LogP contribution in [-0.4, -0.2) is 48.7 Å². The Hall–Kier alpha value is -1.10. The van der Waals surface area contributed by atoms with Crippen molar-refractivity contribution in [2.75, 3.05) is 19.8 Å². The highest BCUT2D eigenvalue weighted by Crippen LogP contribution is 2.22. The van der Waals surface area contributed by atoms with Crippen LogP contribution in [0.1, 0.15) is 45.4 Å². The van der Waals surface area contributed by atoms with E-state index >= 15 is 0 Å². The van der Waals surface area contributed by atoms with Gasteiger partial charge >= 0.3 is 5.97 Å². The molecule has 1 amide bonds. The SMILES string of the molecule is CCOC(=O)C1CCCN1C(=O)CC1CCCCO1. The Morgan fingerprint density at radius 2 is 2.11 bits per heavy atom. The number of rotatable bonds is 4. The first kappa shape index (κ1) is 14.3. The van der Waals surface area contributed by atoms with E-state index in [9.17, 15) is 9.59 Å². The molecule has 0 aromatic carbocycles. The van der Waals surface area contributed by atoms with Gasteiger partial charge in [0, 0.05) is 13.2 Å². The summed E-state index contributed by atoms with van der Waals surface area (Å²) in [5.41, 5.74) is 0. The molecule has 2 rings (SSSR count). The van der Waals surface area contributed by atoms with Crippen LogP contribution in [0.5, 0.6) is 0 Å². The van der Waals surface area contributed by atoms with Gasteiger partial charge in [-0.2, -0.15) is 0 Å². The number of nitrogens with zero attached hydrogens (tertiary/aromatic N) is 1. The van der Waals surface area contributed by atoms with Gasteiger partial charge in [-0.1, -0.05) is 0 Å². The van der Waals surface area contributed by atoms with Crippen LogP contribution in [0.15, 0.2) is 0 Å². The molecule has 5 heteroatoms. The van der Waals surface area contributed by atoms with Crippen LogP contribution in [0.3, 0.4) is 0 Å². The monoisotopic (exact) mass is 269 g/mol. The highest BCUT2D eigenvalue weighted by atomic mass is 16.5. The number of ether oxygens (including phenoxy) is 2. The smallest absolute Gasteiger partial charge is 0.328 e. The van der Waals surface area contributed by atoms with E-state index in [1.807, 2.05) is 0 Å². The van der Waals surface area contributed by atoms with Gasteiger partial charge in [-0.25, -0.2) is 4.79 Å². The number of amides is 1. The van der Waals surface area contributed by atoms with E-state index in [2.05, 4.69) is 0 Å². The molecule has 2 heterocycles. The molecule has 2 aliphatic heterocycles. The first-order valence-electron chi connectivity index (χ1n) is 7.30. The molecule has 108 valence electrons. The summed E-state index contributed by atoms with van der Waals surface area (Å²) in [5.74, 6) is -0.236. The molecule has 0 aliphatic carbocycles. The second-order valence-electron chi connectivity index (χ2n) is 5.19. The fraction of sp³-hybridized carbons (Fsp3) is 0.857. The molecule has 2 unspecified atom stereocenters. The molecular weight excluding hydrogens is 246 g/mol. The Labute approximate surface area is 114 Å². The minimum absolute atomic E-state index is 0.0300. The topological polar surface area (TPSA) is 55.8 Å². The molecule has 2 atom stereocenters. The molecule has 2 saturated heterocycles. The number of carbonyl (C=O) groups is 2. The second-order valence-corrected chi connectivity index (χ2v) is 5.19. The number of hydrogen-bond acceptors (Lipinski definition) is 4. The average molecular weight is 269 g/mol. The Kier molecular flexibility index (Phi) is 5.19. The van der Waals surface area contributed by atoms with Crippen LogP contribution in [0.2, 0.25) is 0 Å². The summed E-state index contributed by atoms with van der Waals surface area (Å²) in [5, 5.41) is 0. The van der Waals surface area contributed by atoms with Crippen molar-refractivity contribution in [3.05, 3.63) is 0 Å². The van der Waals surface area contributed by atoms with E-state index in [1.165, 1.54) is 0 Å². The van der Waals surface area contributed by atoms with Gasteiger partial charge in [0.05, 0.1) is 19.1 Å². The lowest BCUT2D eigenvalue weighted by atomic mass is 10.1. The zero-order valence-electron chi connectivity index (χ0n) is 11.6. The summed E-state index contributed by atoms with van der Waals surface area (Å²) >= 11 is 0. The number of hydrogen-bond donors (Lipinski definition) is 0. The fourth-order valence-corrected chi connectivity index (χ4v) is 2.83. The van der Waals surface area contributed by atoms with Gasteiger partial charge in [0.1, 0.15) is 6.04 Å². The van der Waals surface area contributed by atoms with Crippen LogP contribution in [0, 0.1) is 0 Å². The van der Waals surface area contributed by atoms with E-state index < -0.39 is 0 Å². The Bertz CT molecular complexity index is 325. The van der Waals surface area contributed by atoms with Gasteiger partial charge in [0.15, 0.2) is 0 Å². The molecule has 2 aliphatic rings. The van der Waals surface area contributed by atoms with Crippen molar-refractivity contribution in [1.82, 2.24) is 4.90 Å². The summed E-state index contributed by atoms with van der Waals surface area (Å²) in [4.78, 5) is 25.8. The zero-order valence-corrected chi connectivity index (χ0v) is 11.6. The third kappa shape index (κ3) is 3.69. The van der Waals surface area contributed by atoms with Gasteiger partial charge < -0.3 is 14.4 Å². The van der Waals surface area contributed by atoms with Crippen molar-refractivity contribution in [3.63, 3.8) is 0 Å². The average Bonchev–Trinajstić information content (AvgIpc) is 2.89. The summed E-state index contributed by atoms with van der Waals surface area (Å²) in [7, 11) is 0. The van der Waals surface area contributed by atoms with Crippen molar-refractivity contribution >= 4 is 11.9 Å². The highest BCUT2D eigenvalue weighted by Gasteiger charge is 2.35. The predicted octanol–water partition coefficient (Wildman–Crippen LogP) is 1.50. The molecule has 0 N–H and O–H groups in total. The van der Waals surface area contributed by atoms with Gasteiger partial charge in [0.2, 0.25) is 5.91 Å². The summed E-state index contributed by atoms with van der Waals surface area (Å²) in [6.07, 6.45) is 5.18. The predicted molar refractivity (Wildman–Crippen MR) is 69.6 cm³/mol. The summed E-state index contributed by atoms with van der Waals surface area (Å²) < 4.78 is 10.6. The lowest BCUT2D eigenvalue weighted by Gasteiger charge is -2.27. The van der Waals surface area contributed by atoms with E-state index in [0.29, 0.717) is 19.6 Å². The molecule has 0 saturated carbocycles. The first-order valence-corrected chi connectivity index (χ1v) is 7.30. The maximum Gasteiger partial charge on any atom is 0.328 e. The summed E-state index contributed by atoms with van der Waals surface area (Å²) in [6, 6.07) is -0.379. The lowest BCUT2D eigenvalue weighted by Crippen LogP contribution is -2.43. The minimum Gasteiger partial charge on any atom is -0.464 e. The normalized spacial score (nSPS) is 27.3. The third-order valence-corrected chi connectivity index (χ3v) is 3.81. The van der Waals surface area contributed by atoms with E-state index in [-0.39, 0.29) is 24.0 Å². The van der Waals surface area contributed by atoms with E-state index in [1.54, 1.807) is 11.8 Å².